The summed E-state index contributed by atoms with van der Waals surface area (Å²) in [5.41, 5.74) is 14.0. The monoisotopic (exact) mass is 807 g/mol. The molecule has 0 saturated heterocycles. The molecule has 63 heavy (non-hydrogen) atoms. The predicted molar refractivity (Wildman–Crippen MR) is 263 cm³/mol. The van der Waals surface area contributed by atoms with Gasteiger partial charge in [-0.25, -0.2) is 15.0 Å². The highest BCUT2D eigenvalue weighted by Gasteiger charge is 2.22. The van der Waals surface area contributed by atoms with Gasteiger partial charge in [-0.15, -0.1) is 0 Å². The van der Waals surface area contributed by atoms with Crippen LogP contribution in [0.25, 0.3) is 106 Å². The molecule has 0 amide bonds. The van der Waals surface area contributed by atoms with E-state index in [0.717, 1.165) is 61.4 Å². The lowest BCUT2D eigenvalue weighted by molar-refractivity contribution is 1.04. The van der Waals surface area contributed by atoms with E-state index in [1.807, 2.05) is 55.5 Å². The topological polar surface area (TPSA) is 48.5 Å². The number of fused-ring (bicyclic) bond motifs is 6. The molecule has 298 valence electrons. The van der Waals surface area contributed by atoms with Gasteiger partial charge in [0.2, 0.25) is 0 Å². The van der Waals surface area contributed by atoms with Crippen molar-refractivity contribution in [3.63, 3.8) is 0 Å². The molecule has 3 aromatic heterocycles. The van der Waals surface area contributed by atoms with Crippen LogP contribution in [0.5, 0.6) is 0 Å². The summed E-state index contributed by atoms with van der Waals surface area (Å²) in [4.78, 5) is 15.1. The summed E-state index contributed by atoms with van der Waals surface area (Å²) in [6.45, 7) is 5.95. The number of para-hydroxylation sites is 5. The molecule has 0 radical (unpaired) electrons. The zero-order valence-electron chi connectivity index (χ0n) is 34.7. The third-order valence-electron chi connectivity index (χ3n) is 11.8. The Bertz CT molecular complexity index is 3580. The van der Waals surface area contributed by atoms with Gasteiger partial charge in [0.05, 0.1) is 22.1 Å². The van der Waals surface area contributed by atoms with Crippen molar-refractivity contribution in [3.8, 4) is 56.4 Å². The van der Waals surface area contributed by atoms with Crippen LogP contribution >= 0.6 is 0 Å². The molecule has 8 aromatic carbocycles. The van der Waals surface area contributed by atoms with Gasteiger partial charge in [-0.2, -0.15) is 0 Å². The lowest BCUT2D eigenvalue weighted by Crippen LogP contribution is -2.02. The Morgan fingerprint density at radius 1 is 0.444 bits per heavy atom. The maximum absolute atomic E-state index is 5.07. The van der Waals surface area contributed by atoms with Crippen molar-refractivity contribution in [3.05, 3.63) is 231 Å². The number of nitrogens with zero attached hydrogens (tertiary/aromatic N) is 5. The van der Waals surface area contributed by atoms with Gasteiger partial charge in [-0.05, 0) is 60.5 Å². The molecule has 5 nitrogen and oxygen atoms in total. The summed E-state index contributed by atoms with van der Waals surface area (Å²) in [6, 6.07) is 69.1. The first-order valence-electron chi connectivity index (χ1n) is 21.3. The summed E-state index contributed by atoms with van der Waals surface area (Å²) in [7, 11) is 0. The van der Waals surface area contributed by atoms with Crippen molar-refractivity contribution in [2.45, 2.75) is 6.92 Å². The molecule has 0 bridgehead atoms. The van der Waals surface area contributed by atoms with E-state index in [1.54, 1.807) is 6.08 Å². The zero-order chi connectivity index (χ0) is 42.3. The third-order valence-corrected chi connectivity index (χ3v) is 11.8. The van der Waals surface area contributed by atoms with Crippen LogP contribution in [0.4, 0.5) is 0 Å². The number of hydrogen-bond acceptors (Lipinski definition) is 3. The molecule has 0 aliphatic heterocycles. The fraction of sp³-hybridized carbons (Fsp3) is 0.0172. The quantitative estimate of drug-likeness (QED) is 0.137. The van der Waals surface area contributed by atoms with Crippen LogP contribution in [0.1, 0.15) is 12.7 Å². The molecule has 0 spiro atoms. The van der Waals surface area contributed by atoms with Gasteiger partial charge < -0.3 is 9.13 Å². The molecule has 0 N–H and O–H groups in total. The van der Waals surface area contributed by atoms with Crippen molar-refractivity contribution < 1.29 is 0 Å². The van der Waals surface area contributed by atoms with E-state index in [-0.39, 0.29) is 0 Å². The summed E-state index contributed by atoms with van der Waals surface area (Å²) in [5, 5.41) is 4.83. The van der Waals surface area contributed by atoms with Crippen LogP contribution in [0, 0.1) is 0 Å². The van der Waals surface area contributed by atoms with E-state index in [1.165, 1.54) is 32.6 Å². The second-order valence-electron chi connectivity index (χ2n) is 15.6. The van der Waals surface area contributed by atoms with Crippen molar-refractivity contribution in [1.29, 1.82) is 0 Å². The first-order chi connectivity index (χ1) is 31.2. The fourth-order valence-electron chi connectivity index (χ4n) is 9.10. The second kappa shape index (κ2) is 15.9. The van der Waals surface area contributed by atoms with Gasteiger partial charge in [0.1, 0.15) is 0 Å². The summed E-state index contributed by atoms with van der Waals surface area (Å²) in [6.07, 6.45) is 7.69. The van der Waals surface area contributed by atoms with Gasteiger partial charge >= 0.3 is 0 Å². The lowest BCUT2D eigenvalue weighted by atomic mass is 9.98. The average molecular weight is 808 g/mol. The molecule has 3 heterocycles. The molecule has 5 heteroatoms. The van der Waals surface area contributed by atoms with Gasteiger partial charge in [0.15, 0.2) is 17.5 Å². The van der Waals surface area contributed by atoms with Gasteiger partial charge in [0.25, 0.3) is 0 Å². The Balaban J connectivity index is 1.14. The maximum Gasteiger partial charge on any atom is 0.164 e. The Morgan fingerprint density at radius 2 is 0.968 bits per heavy atom. The normalized spacial score (nSPS) is 12.0. The summed E-state index contributed by atoms with van der Waals surface area (Å²) < 4.78 is 4.85. The number of hydrogen-bond donors (Lipinski definition) is 0. The van der Waals surface area contributed by atoms with Crippen LogP contribution in [-0.4, -0.2) is 24.1 Å². The molecule has 0 aliphatic carbocycles. The number of benzene rings is 8. The molecular weight excluding hydrogens is 767 g/mol. The minimum atomic E-state index is 0.586. The fourth-order valence-corrected chi connectivity index (χ4v) is 9.10. The molecule has 0 saturated carbocycles. The van der Waals surface area contributed by atoms with Crippen molar-refractivity contribution >= 4 is 49.2 Å². The highest BCUT2D eigenvalue weighted by atomic mass is 15.0. The van der Waals surface area contributed by atoms with Crippen molar-refractivity contribution in [2.24, 2.45) is 0 Å². The minimum Gasteiger partial charge on any atom is -0.309 e. The number of aromatic nitrogens is 5. The van der Waals surface area contributed by atoms with Crippen LogP contribution in [-0.2, 0) is 0 Å². The molecule has 11 aromatic rings. The Morgan fingerprint density at radius 3 is 1.63 bits per heavy atom. The third kappa shape index (κ3) is 6.55. The minimum absolute atomic E-state index is 0.586. The van der Waals surface area contributed by atoms with Crippen LogP contribution in [0.15, 0.2) is 225 Å². The summed E-state index contributed by atoms with van der Waals surface area (Å²) in [5.74, 6) is 1.80. The molecule has 0 unspecified atom stereocenters. The van der Waals surface area contributed by atoms with E-state index in [4.69, 9.17) is 15.0 Å². The zero-order valence-corrected chi connectivity index (χ0v) is 34.7. The predicted octanol–water partition coefficient (Wildman–Crippen LogP) is 14.9. The number of allylic oxidation sites excluding steroid dienone is 5. The maximum atomic E-state index is 5.07. The Hall–Kier alpha value is -8.41. The van der Waals surface area contributed by atoms with Crippen molar-refractivity contribution in [1.82, 2.24) is 24.1 Å². The smallest absolute Gasteiger partial charge is 0.164 e. The van der Waals surface area contributed by atoms with E-state index in [2.05, 4.69) is 180 Å². The molecule has 0 aliphatic rings. The average Bonchev–Trinajstić information content (AvgIpc) is 3.87. The van der Waals surface area contributed by atoms with E-state index < -0.39 is 0 Å². The van der Waals surface area contributed by atoms with E-state index in [9.17, 15) is 0 Å². The standard InChI is InChI=1S/C58H41N5/c1-3-19-39(20-4-2)56-59-57(40-21-8-5-9-22-40)61-58(60-56)43-24-16-23-41(37-43)46-30-17-32-50-51-33-18-31-47(55(51)63(54(46)50)45-27-12-7-13-28-45)42-35-36-49-48-29-14-15-34-52(48)62(53(49)38-42)44-25-10-6-11-26-44/h3-38H,1H2,2H3/b20-4-,39-19+. The number of rotatable bonds is 9. The van der Waals surface area contributed by atoms with Gasteiger partial charge in [-0.3, -0.25) is 0 Å². The Kier molecular flexibility index (Phi) is 9.48. The Labute approximate surface area is 365 Å². The van der Waals surface area contributed by atoms with Crippen molar-refractivity contribution in [2.75, 3.05) is 0 Å². The lowest BCUT2D eigenvalue weighted by Gasteiger charge is -2.15. The highest BCUT2D eigenvalue weighted by Crippen LogP contribution is 2.43. The van der Waals surface area contributed by atoms with Gasteiger partial charge in [-0.1, -0.05) is 183 Å². The molecular formula is C58H41N5. The first kappa shape index (κ1) is 37.6. The second-order valence-corrected chi connectivity index (χ2v) is 15.6. The summed E-state index contributed by atoms with van der Waals surface area (Å²) >= 11 is 0. The first-order valence-corrected chi connectivity index (χ1v) is 21.3. The molecule has 0 atom stereocenters. The SMILES string of the molecule is C=C/C=C(\C=C/C)c1nc(-c2ccccc2)nc(-c2cccc(-c3cccc4c5cccc(-c6ccc7c8ccccc8n(-c8ccccc8)c7c6)c5n(-c5ccccc5)c34)c2)n1. The molecule has 0 fully saturated rings. The largest absolute Gasteiger partial charge is 0.309 e. The highest BCUT2D eigenvalue weighted by molar-refractivity contribution is 6.18. The van der Waals surface area contributed by atoms with E-state index >= 15 is 0 Å². The van der Waals surface area contributed by atoms with E-state index in [0.29, 0.717) is 17.5 Å². The molecule has 11 rings (SSSR count). The van der Waals surface area contributed by atoms with Gasteiger partial charge in [0, 0.05) is 60.7 Å². The van der Waals surface area contributed by atoms with Crippen LogP contribution in [0.2, 0.25) is 0 Å². The van der Waals surface area contributed by atoms with Crippen LogP contribution in [0.3, 0.4) is 0 Å². The van der Waals surface area contributed by atoms with Crippen LogP contribution < -0.4 is 0 Å².